The smallest absolute Gasteiger partial charge is 0.248 e. The lowest BCUT2D eigenvalue weighted by molar-refractivity contribution is -0.135. The average Bonchev–Trinajstić information content (AvgIpc) is 3.04. The van der Waals surface area contributed by atoms with Crippen molar-refractivity contribution in [2.45, 2.75) is 25.8 Å². The SMILES string of the molecule is CN(C)C(=O)COC[C@@]12CCC[C@@H]1CN(Cc1ccccc1)C2. The molecule has 2 atom stereocenters. The van der Waals surface area contributed by atoms with E-state index in [0.717, 1.165) is 25.6 Å². The number of carbonyl (C=O) groups excluding carboxylic acids is 1. The fourth-order valence-electron chi connectivity index (χ4n) is 4.19. The minimum Gasteiger partial charge on any atom is -0.371 e. The Hall–Kier alpha value is -1.39. The van der Waals surface area contributed by atoms with Crippen molar-refractivity contribution in [1.29, 1.82) is 0 Å². The number of hydrogen-bond donors (Lipinski definition) is 0. The van der Waals surface area contributed by atoms with E-state index in [1.54, 1.807) is 19.0 Å². The van der Waals surface area contributed by atoms with Gasteiger partial charge in [-0.15, -0.1) is 0 Å². The Morgan fingerprint density at radius 3 is 2.87 bits per heavy atom. The van der Waals surface area contributed by atoms with Gasteiger partial charge in [-0.3, -0.25) is 9.69 Å². The first-order valence-electron chi connectivity index (χ1n) is 8.63. The first-order valence-corrected chi connectivity index (χ1v) is 8.63. The van der Waals surface area contributed by atoms with Gasteiger partial charge in [0.25, 0.3) is 0 Å². The third-order valence-corrected chi connectivity index (χ3v) is 5.47. The van der Waals surface area contributed by atoms with Crippen LogP contribution >= 0.6 is 0 Å². The van der Waals surface area contributed by atoms with Gasteiger partial charge < -0.3 is 9.64 Å². The molecular weight excluding hydrogens is 288 g/mol. The zero-order chi connectivity index (χ0) is 16.3. The van der Waals surface area contributed by atoms with E-state index in [2.05, 4.69) is 35.2 Å². The van der Waals surface area contributed by atoms with Gasteiger partial charge in [-0.2, -0.15) is 0 Å². The molecule has 1 aliphatic carbocycles. The fourth-order valence-corrected chi connectivity index (χ4v) is 4.19. The molecule has 1 amide bonds. The lowest BCUT2D eigenvalue weighted by atomic mass is 9.81. The van der Waals surface area contributed by atoms with Crippen LogP contribution in [0.15, 0.2) is 30.3 Å². The van der Waals surface area contributed by atoms with Crippen LogP contribution in [0, 0.1) is 11.3 Å². The molecule has 1 aromatic rings. The molecule has 4 heteroatoms. The molecule has 0 N–H and O–H groups in total. The zero-order valence-electron chi connectivity index (χ0n) is 14.3. The van der Waals surface area contributed by atoms with E-state index in [9.17, 15) is 4.79 Å². The van der Waals surface area contributed by atoms with Crippen LogP contribution in [-0.2, 0) is 16.1 Å². The highest BCUT2D eigenvalue weighted by molar-refractivity contribution is 5.76. The lowest BCUT2D eigenvalue weighted by Crippen LogP contribution is -2.34. The molecule has 1 aliphatic heterocycles. The predicted octanol–water partition coefficient (Wildman–Crippen LogP) is 2.39. The van der Waals surface area contributed by atoms with Crippen molar-refractivity contribution in [2.24, 2.45) is 11.3 Å². The molecule has 0 unspecified atom stereocenters. The molecule has 1 aromatic carbocycles. The third-order valence-electron chi connectivity index (χ3n) is 5.47. The van der Waals surface area contributed by atoms with Gasteiger partial charge in [-0.05, 0) is 24.3 Å². The summed E-state index contributed by atoms with van der Waals surface area (Å²) in [6.45, 7) is 4.22. The summed E-state index contributed by atoms with van der Waals surface area (Å²) < 4.78 is 5.83. The summed E-state index contributed by atoms with van der Waals surface area (Å²) in [5.74, 6) is 0.774. The molecule has 0 aromatic heterocycles. The Bertz CT molecular complexity index is 531. The van der Waals surface area contributed by atoms with Crippen LogP contribution in [-0.4, -0.2) is 56.1 Å². The van der Waals surface area contributed by atoms with Crippen LogP contribution in [0.4, 0.5) is 0 Å². The molecule has 0 spiro atoms. The van der Waals surface area contributed by atoms with Crippen molar-refractivity contribution >= 4 is 5.91 Å². The molecule has 0 radical (unpaired) electrons. The van der Waals surface area contributed by atoms with E-state index < -0.39 is 0 Å². The summed E-state index contributed by atoms with van der Waals surface area (Å²) in [5, 5.41) is 0. The Kier molecular flexibility index (Phi) is 5.02. The van der Waals surface area contributed by atoms with Crippen LogP contribution in [0.1, 0.15) is 24.8 Å². The van der Waals surface area contributed by atoms with Crippen LogP contribution < -0.4 is 0 Å². The highest BCUT2D eigenvalue weighted by Gasteiger charge is 2.49. The van der Waals surface area contributed by atoms with Crippen molar-refractivity contribution in [3.63, 3.8) is 0 Å². The maximum atomic E-state index is 11.7. The highest BCUT2D eigenvalue weighted by Crippen LogP contribution is 2.49. The quantitative estimate of drug-likeness (QED) is 0.808. The van der Waals surface area contributed by atoms with Crippen molar-refractivity contribution in [3.05, 3.63) is 35.9 Å². The molecule has 1 saturated carbocycles. The third kappa shape index (κ3) is 3.75. The number of nitrogens with zero attached hydrogens (tertiary/aromatic N) is 2. The van der Waals surface area contributed by atoms with E-state index >= 15 is 0 Å². The Morgan fingerprint density at radius 1 is 1.35 bits per heavy atom. The van der Waals surface area contributed by atoms with Gasteiger partial charge in [-0.1, -0.05) is 36.8 Å². The summed E-state index contributed by atoms with van der Waals surface area (Å²) in [7, 11) is 3.55. The lowest BCUT2D eigenvalue weighted by Gasteiger charge is -2.29. The maximum Gasteiger partial charge on any atom is 0.248 e. The number of ether oxygens (including phenoxy) is 1. The van der Waals surface area contributed by atoms with E-state index in [-0.39, 0.29) is 17.9 Å². The molecule has 23 heavy (non-hydrogen) atoms. The van der Waals surface area contributed by atoms with Crippen LogP contribution in [0.25, 0.3) is 0 Å². The van der Waals surface area contributed by atoms with E-state index in [1.807, 2.05) is 0 Å². The van der Waals surface area contributed by atoms with Gasteiger partial charge in [0.05, 0.1) is 6.61 Å². The molecule has 126 valence electrons. The number of benzene rings is 1. The standard InChI is InChI=1S/C19H28N2O2/c1-20(2)18(22)13-23-15-19-10-6-9-17(19)12-21(14-19)11-16-7-4-3-5-8-16/h3-5,7-8,17H,6,9-15H2,1-2H3/t17-,19+/m1/s1. The molecule has 3 rings (SSSR count). The number of hydrogen-bond acceptors (Lipinski definition) is 3. The van der Waals surface area contributed by atoms with Gasteiger partial charge in [0.1, 0.15) is 6.61 Å². The number of rotatable bonds is 6. The summed E-state index contributed by atoms with van der Waals surface area (Å²) in [5.41, 5.74) is 1.65. The summed E-state index contributed by atoms with van der Waals surface area (Å²) >= 11 is 0. The van der Waals surface area contributed by atoms with Gasteiger partial charge >= 0.3 is 0 Å². The molecule has 1 saturated heterocycles. The minimum absolute atomic E-state index is 0.0510. The number of carbonyl (C=O) groups is 1. The Labute approximate surface area is 139 Å². The van der Waals surface area contributed by atoms with E-state index in [0.29, 0.717) is 0 Å². The molecular formula is C19H28N2O2. The Morgan fingerprint density at radius 2 is 2.13 bits per heavy atom. The van der Waals surface area contributed by atoms with Crippen LogP contribution in [0.5, 0.6) is 0 Å². The number of likely N-dealkylation sites (tertiary alicyclic amines) is 1. The summed E-state index contributed by atoms with van der Waals surface area (Å²) in [6, 6.07) is 10.7. The van der Waals surface area contributed by atoms with E-state index in [4.69, 9.17) is 4.74 Å². The normalized spacial score (nSPS) is 27.1. The predicted molar refractivity (Wildman–Crippen MR) is 91.0 cm³/mol. The van der Waals surface area contributed by atoms with E-state index in [1.165, 1.54) is 31.4 Å². The molecule has 1 heterocycles. The van der Waals surface area contributed by atoms with Crippen LogP contribution in [0.3, 0.4) is 0 Å². The second kappa shape index (κ2) is 7.02. The minimum atomic E-state index is 0.0510. The fraction of sp³-hybridized carbons (Fsp3) is 0.632. The van der Waals surface area contributed by atoms with Crippen molar-refractivity contribution in [2.75, 3.05) is 40.4 Å². The van der Waals surface area contributed by atoms with Gasteiger partial charge in [0, 0.05) is 39.1 Å². The number of likely N-dealkylation sites (N-methyl/N-ethyl adjacent to an activating group) is 1. The topological polar surface area (TPSA) is 32.8 Å². The molecule has 2 aliphatic rings. The molecule has 0 bridgehead atoms. The van der Waals surface area contributed by atoms with Gasteiger partial charge in [-0.25, -0.2) is 0 Å². The van der Waals surface area contributed by atoms with Crippen molar-refractivity contribution in [3.8, 4) is 0 Å². The first-order chi connectivity index (χ1) is 11.1. The zero-order valence-corrected chi connectivity index (χ0v) is 14.3. The highest BCUT2D eigenvalue weighted by atomic mass is 16.5. The van der Waals surface area contributed by atoms with Crippen molar-refractivity contribution < 1.29 is 9.53 Å². The molecule has 2 fully saturated rings. The monoisotopic (exact) mass is 316 g/mol. The number of fused-ring (bicyclic) bond motifs is 1. The number of amides is 1. The molecule has 4 nitrogen and oxygen atoms in total. The van der Waals surface area contributed by atoms with Gasteiger partial charge in [0.15, 0.2) is 0 Å². The average molecular weight is 316 g/mol. The Balaban J connectivity index is 1.56. The first kappa shape index (κ1) is 16.5. The maximum absolute atomic E-state index is 11.7. The summed E-state index contributed by atoms with van der Waals surface area (Å²) in [6.07, 6.45) is 3.84. The summed E-state index contributed by atoms with van der Waals surface area (Å²) in [4.78, 5) is 15.9. The van der Waals surface area contributed by atoms with Crippen molar-refractivity contribution in [1.82, 2.24) is 9.80 Å². The second-order valence-electron chi connectivity index (χ2n) is 7.39. The largest absolute Gasteiger partial charge is 0.371 e. The van der Waals surface area contributed by atoms with Crippen LogP contribution in [0.2, 0.25) is 0 Å². The second-order valence-corrected chi connectivity index (χ2v) is 7.39. The van der Waals surface area contributed by atoms with Gasteiger partial charge in [0.2, 0.25) is 5.91 Å².